The van der Waals surface area contributed by atoms with Crippen molar-refractivity contribution < 1.29 is 13.2 Å². The third-order valence-corrected chi connectivity index (χ3v) is 5.53. The van der Waals surface area contributed by atoms with E-state index in [-0.39, 0.29) is 0 Å². The van der Waals surface area contributed by atoms with E-state index in [0.29, 0.717) is 30.3 Å². The van der Waals surface area contributed by atoms with E-state index in [1.807, 2.05) is 19.2 Å². The predicted octanol–water partition coefficient (Wildman–Crippen LogP) is 1.95. The molecule has 0 aliphatic heterocycles. The van der Waals surface area contributed by atoms with Crippen molar-refractivity contribution in [3.05, 3.63) is 17.0 Å². The van der Waals surface area contributed by atoms with Crippen LogP contribution in [0.25, 0.3) is 0 Å². The summed E-state index contributed by atoms with van der Waals surface area (Å²) < 4.78 is 32.4. The minimum atomic E-state index is -3.37. The van der Waals surface area contributed by atoms with Crippen LogP contribution >= 0.6 is 11.3 Å². The average molecular weight is 320 g/mol. The normalized spacial score (nSPS) is 11.9. The molecule has 1 heterocycles. The second kappa shape index (κ2) is 9.46. The molecule has 0 saturated heterocycles. The molecule has 0 unspecified atom stereocenters. The molecule has 0 saturated carbocycles. The van der Waals surface area contributed by atoms with Gasteiger partial charge in [-0.05, 0) is 36.4 Å². The summed E-state index contributed by atoms with van der Waals surface area (Å²) in [6.07, 6.45) is 1.67. The van der Waals surface area contributed by atoms with Crippen molar-refractivity contribution in [1.29, 1.82) is 0 Å². The maximum absolute atomic E-state index is 12.0. The lowest BCUT2D eigenvalue weighted by atomic mass is 10.3. The van der Waals surface area contributed by atoms with Gasteiger partial charge in [0.05, 0.1) is 0 Å². The highest BCUT2D eigenvalue weighted by molar-refractivity contribution is 7.91. The van der Waals surface area contributed by atoms with Gasteiger partial charge in [-0.15, -0.1) is 11.3 Å². The first-order chi connectivity index (χ1) is 9.60. The topological polar surface area (TPSA) is 67.4 Å². The summed E-state index contributed by atoms with van der Waals surface area (Å²) in [5, 5.41) is 5.05. The summed E-state index contributed by atoms with van der Waals surface area (Å²) in [7, 11) is -3.37. The van der Waals surface area contributed by atoms with Crippen molar-refractivity contribution in [3.8, 4) is 0 Å². The first-order valence-electron chi connectivity index (χ1n) is 6.95. The monoisotopic (exact) mass is 320 g/mol. The molecule has 0 atom stereocenters. The summed E-state index contributed by atoms with van der Waals surface area (Å²) in [5.74, 6) is 0. The molecule has 1 aromatic heterocycles. The third-order valence-electron chi connectivity index (χ3n) is 2.58. The fourth-order valence-corrected chi connectivity index (χ4v) is 3.88. The van der Waals surface area contributed by atoms with Crippen molar-refractivity contribution >= 4 is 21.4 Å². The lowest BCUT2D eigenvalue weighted by Gasteiger charge is -2.05. The summed E-state index contributed by atoms with van der Waals surface area (Å²) in [5.41, 5.74) is 1.00. The lowest BCUT2D eigenvalue weighted by Crippen LogP contribution is -2.25. The van der Waals surface area contributed by atoms with Gasteiger partial charge in [-0.2, -0.15) is 0 Å². The molecule has 0 bridgehead atoms. The predicted molar refractivity (Wildman–Crippen MR) is 82.6 cm³/mol. The van der Waals surface area contributed by atoms with Gasteiger partial charge in [0.2, 0.25) is 10.0 Å². The van der Waals surface area contributed by atoms with E-state index in [1.54, 1.807) is 6.07 Å². The van der Waals surface area contributed by atoms with Gasteiger partial charge in [-0.1, -0.05) is 13.8 Å². The molecule has 0 spiro atoms. The van der Waals surface area contributed by atoms with E-state index in [0.717, 1.165) is 25.1 Å². The first-order valence-corrected chi connectivity index (χ1v) is 9.32. The Kier molecular flexibility index (Phi) is 8.32. The molecular formula is C13H24N2O3S2. The van der Waals surface area contributed by atoms with Gasteiger partial charge in [-0.3, -0.25) is 0 Å². The Bertz CT molecular complexity index is 472. The number of rotatable bonds is 11. The fourth-order valence-electron chi connectivity index (χ4n) is 1.55. The van der Waals surface area contributed by atoms with Crippen LogP contribution in [0.2, 0.25) is 0 Å². The van der Waals surface area contributed by atoms with Crippen molar-refractivity contribution in [2.24, 2.45) is 0 Å². The number of hydrogen-bond donors (Lipinski definition) is 2. The van der Waals surface area contributed by atoms with Gasteiger partial charge in [0.1, 0.15) is 4.21 Å². The van der Waals surface area contributed by atoms with Crippen LogP contribution in [0.4, 0.5) is 0 Å². The molecule has 0 fully saturated rings. The first kappa shape index (κ1) is 17.6. The smallest absolute Gasteiger partial charge is 0.250 e. The van der Waals surface area contributed by atoms with E-state index in [1.165, 1.54) is 11.3 Å². The molecule has 0 amide bonds. The van der Waals surface area contributed by atoms with Gasteiger partial charge in [0, 0.05) is 26.3 Å². The number of ether oxygens (including phenoxy) is 1. The van der Waals surface area contributed by atoms with Gasteiger partial charge in [-0.25, -0.2) is 13.1 Å². The number of thiophene rings is 1. The zero-order valence-corrected chi connectivity index (χ0v) is 13.8. The molecule has 20 heavy (non-hydrogen) atoms. The maximum Gasteiger partial charge on any atom is 0.250 e. The maximum atomic E-state index is 12.0. The fraction of sp³-hybridized carbons (Fsp3) is 0.692. The summed E-state index contributed by atoms with van der Waals surface area (Å²) >= 11 is 1.26. The molecule has 0 aliphatic carbocycles. The van der Waals surface area contributed by atoms with E-state index < -0.39 is 10.0 Å². The molecule has 0 aliphatic rings. The van der Waals surface area contributed by atoms with Gasteiger partial charge < -0.3 is 10.1 Å². The second-order valence-electron chi connectivity index (χ2n) is 4.42. The Morgan fingerprint density at radius 3 is 2.80 bits per heavy atom. The Labute approximate surface area is 125 Å². The lowest BCUT2D eigenvalue weighted by molar-refractivity contribution is 0.133. The van der Waals surface area contributed by atoms with Crippen LogP contribution in [0, 0.1) is 0 Å². The highest BCUT2D eigenvalue weighted by Gasteiger charge is 2.15. The molecular weight excluding hydrogens is 296 g/mol. The summed E-state index contributed by atoms with van der Waals surface area (Å²) in [6.45, 7) is 7.36. The summed E-state index contributed by atoms with van der Waals surface area (Å²) in [4.78, 5) is 0. The number of sulfonamides is 1. The molecule has 1 rings (SSSR count). The highest BCUT2D eigenvalue weighted by Crippen LogP contribution is 2.19. The zero-order chi connectivity index (χ0) is 14.8. The van der Waals surface area contributed by atoms with E-state index in [9.17, 15) is 8.42 Å². The van der Waals surface area contributed by atoms with Gasteiger partial charge in [0.25, 0.3) is 0 Å². The Hall–Kier alpha value is -0.470. The third kappa shape index (κ3) is 6.32. The largest absolute Gasteiger partial charge is 0.381 e. The molecule has 1 aromatic rings. The Morgan fingerprint density at radius 1 is 1.30 bits per heavy atom. The SMILES string of the molecule is CCCOCCCNS(=O)(=O)c1cc(CNCC)cs1. The Morgan fingerprint density at radius 2 is 2.10 bits per heavy atom. The standard InChI is InChI=1S/C13H24N2O3S2/c1-3-7-18-8-5-6-15-20(16,17)13-9-12(11-19-13)10-14-4-2/h9,11,14-15H,3-8,10H2,1-2H3. The van der Waals surface area contributed by atoms with Crippen LogP contribution in [0.3, 0.4) is 0 Å². The summed E-state index contributed by atoms with van der Waals surface area (Å²) in [6, 6.07) is 1.73. The van der Waals surface area contributed by atoms with Crippen LogP contribution in [-0.4, -0.2) is 34.7 Å². The van der Waals surface area contributed by atoms with Crippen LogP contribution in [0.5, 0.6) is 0 Å². The van der Waals surface area contributed by atoms with E-state index >= 15 is 0 Å². The zero-order valence-electron chi connectivity index (χ0n) is 12.1. The molecule has 2 N–H and O–H groups in total. The molecule has 0 radical (unpaired) electrons. The second-order valence-corrected chi connectivity index (χ2v) is 7.32. The Balaban J connectivity index is 2.38. The minimum Gasteiger partial charge on any atom is -0.381 e. The molecule has 7 heteroatoms. The number of nitrogens with one attached hydrogen (secondary N) is 2. The molecule has 5 nitrogen and oxygen atoms in total. The van der Waals surface area contributed by atoms with Crippen LogP contribution < -0.4 is 10.0 Å². The van der Waals surface area contributed by atoms with Crippen LogP contribution in [-0.2, 0) is 21.3 Å². The van der Waals surface area contributed by atoms with Gasteiger partial charge >= 0.3 is 0 Å². The van der Waals surface area contributed by atoms with Crippen molar-refractivity contribution in [3.63, 3.8) is 0 Å². The highest BCUT2D eigenvalue weighted by atomic mass is 32.2. The van der Waals surface area contributed by atoms with Gasteiger partial charge in [0.15, 0.2) is 0 Å². The van der Waals surface area contributed by atoms with E-state index in [2.05, 4.69) is 10.0 Å². The van der Waals surface area contributed by atoms with Crippen molar-refractivity contribution in [1.82, 2.24) is 10.0 Å². The quantitative estimate of drug-likeness (QED) is 0.612. The van der Waals surface area contributed by atoms with Crippen molar-refractivity contribution in [2.45, 2.75) is 37.4 Å². The minimum absolute atomic E-state index is 0.375. The van der Waals surface area contributed by atoms with E-state index in [4.69, 9.17) is 4.74 Å². The van der Waals surface area contributed by atoms with Crippen molar-refractivity contribution in [2.75, 3.05) is 26.3 Å². The van der Waals surface area contributed by atoms with Crippen LogP contribution in [0.15, 0.2) is 15.7 Å². The van der Waals surface area contributed by atoms with Crippen LogP contribution in [0.1, 0.15) is 32.3 Å². The molecule has 116 valence electrons. The average Bonchev–Trinajstić information content (AvgIpc) is 2.90. The number of hydrogen-bond acceptors (Lipinski definition) is 5. The molecule has 0 aromatic carbocycles.